The van der Waals surface area contributed by atoms with Gasteiger partial charge in [-0.05, 0) is 18.1 Å². The van der Waals surface area contributed by atoms with Gasteiger partial charge in [-0.2, -0.15) is 0 Å². The van der Waals surface area contributed by atoms with Crippen LogP contribution in [0.25, 0.3) is 5.57 Å². The van der Waals surface area contributed by atoms with Gasteiger partial charge in [-0.25, -0.2) is 0 Å². The number of fused-ring (bicyclic) bond motifs is 5. The van der Waals surface area contributed by atoms with Crippen LogP contribution in [0.3, 0.4) is 0 Å². The molecule has 100 valence electrons. The third kappa shape index (κ3) is 1.35. The molecule has 2 amide bonds. The van der Waals surface area contributed by atoms with Crippen LogP contribution in [0, 0.1) is 23.7 Å². The molecule has 3 nitrogen and oxygen atoms in total. The molecule has 3 heteroatoms. The number of imide groups is 1. The van der Waals surface area contributed by atoms with Gasteiger partial charge in [0.25, 0.3) is 0 Å². The lowest BCUT2D eigenvalue weighted by atomic mass is 9.85. The molecule has 1 heterocycles. The van der Waals surface area contributed by atoms with Crippen molar-refractivity contribution in [3.8, 4) is 0 Å². The molecule has 4 atom stereocenters. The summed E-state index contributed by atoms with van der Waals surface area (Å²) in [6, 6.07) is 10.2. The third-order valence-corrected chi connectivity index (χ3v) is 4.90. The van der Waals surface area contributed by atoms with Gasteiger partial charge in [-0.15, -0.1) is 0 Å². The molecule has 1 aromatic carbocycles. The van der Waals surface area contributed by atoms with Crippen LogP contribution in [0.2, 0.25) is 0 Å². The Labute approximate surface area is 117 Å². The Hall–Kier alpha value is -2.16. The van der Waals surface area contributed by atoms with E-state index in [1.54, 1.807) is 0 Å². The molecule has 1 saturated heterocycles. The number of benzene rings is 1. The van der Waals surface area contributed by atoms with Gasteiger partial charge in [0.05, 0.1) is 11.8 Å². The predicted octanol–water partition coefficient (Wildman–Crippen LogP) is 2.16. The van der Waals surface area contributed by atoms with Crippen molar-refractivity contribution in [3.05, 3.63) is 53.6 Å². The highest BCUT2D eigenvalue weighted by Gasteiger charge is 2.58. The number of carbonyl (C=O) groups excluding carboxylic acids is 2. The summed E-state index contributed by atoms with van der Waals surface area (Å²) in [6.45, 7) is 2.10. The van der Waals surface area contributed by atoms with Crippen molar-refractivity contribution in [2.75, 3.05) is 0 Å². The second-order valence-corrected chi connectivity index (χ2v) is 5.79. The Morgan fingerprint density at radius 3 is 2.05 bits per heavy atom. The topological polar surface area (TPSA) is 46.2 Å². The molecule has 1 N–H and O–H groups in total. The van der Waals surface area contributed by atoms with Crippen molar-refractivity contribution in [1.29, 1.82) is 0 Å². The second kappa shape index (κ2) is 3.92. The Kier molecular flexibility index (Phi) is 2.28. The van der Waals surface area contributed by atoms with E-state index in [9.17, 15) is 9.59 Å². The Balaban J connectivity index is 1.84. The minimum absolute atomic E-state index is 0.0941. The number of carbonyl (C=O) groups is 2. The van der Waals surface area contributed by atoms with Crippen LogP contribution >= 0.6 is 0 Å². The monoisotopic (exact) mass is 265 g/mol. The normalized spacial score (nSPS) is 36.2. The van der Waals surface area contributed by atoms with Crippen LogP contribution in [0.5, 0.6) is 0 Å². The molecular formula is C17H15NO2. The van der Waals surface area contributed by atoms with Crippen molar-refractivity contribution in [3.63, 3.8) is 0 Å². The fourth-order valence-electron chi connectivity index (χ4n) is 4.04. The highest BCUT2D eigenvalue weighted by Crippen LogP contribution is 2.55. The molecule has 3 aliphatic rings. The van der Waals surface area contributed by atoms with Gasteiger partial charge in [-0.1, -0.05) is 48.1 Å². The van der Waals surface area contributed by atoms with Gasteiger partial charge in [0, 0.05) is 11.8 Å². The fourth-order valence-corrected chi connectivity index (χ4v) is 4.04. The molecule has 0 spiro atoms. The first-order valence-electron chi connectivity index (χ1n) is 6.97. The lowest BCUT2D eigenvalue weighted by Crippen LogP contribution is -2.26. The summed E-state index contributed by atoms with van der Waals surface area (Å²) in [4.78, 5) is 23.9. The molecular weight excluding hydrogens is 250 g/mol. The number of allylic oxidation sites excluding steroid dienone is 4. The maximum atomic E-state index is 12.0. The second-order valence-electron chi connectivity index (χ2n) is 5.79. The Morgan fingerprint density at radius 2 is 1.50 bits per heavy atom. The fraction of sp³-hybridized carbons (Fsp3) is 0.294. The van der Waals surface area contributed by atoms with Crippen LogP contribution in [-0.2, 0) is 9.59 Å². The van der Waals surface area contributed by atoms with Crippen LogP contribution < -0.4 is 5.32 Å². The van der Waals surface area contributed by atoms with E-state index >= 15 is 0 Å². The number of amides is 2. The summed E-state index contributed by atoms with van der Waals surface area (Å²) < 4.78 is 0. The Bertz CT molecular complexity index is 639. The molecule has 20 heavy (non-hydrogen) atoms. The zero-order chi connectivity index (χ0) is 13.9. The van der Waals surface area contributed by atoms with Crippen molar-refractivity contribution < 1.29 is 9.59 Å². The van der Waals surface area contributed by atoms with E-state index in [0.717, 1.165) is 0 Å². The van der Waals surface area contributed by atoms with Gasteiger partial charge < -0.3 is 0 Å². The maximum Gasteiger partial charge on any atom is 0.231 e. The molecule has 1 aliphatic heterocycles. The molecule has 2 bridgehead atoms. The van der Waals surface area contributed by atoms with Crippen LogP contribution in [0.15, 0.2) is 48.1 Å². The lowest BCUT2D eigenvalue weighted by molar-refractivity contribution is -0.126. The molecule has 2 aliphatic carbocycles. The number of hydrogen-bond donors (Lipinski definition) is 1. The highest BCUT2D eigenvalue weighted by atomic mass is 16.2. The van der Waals surface area contributed by atoms with Gasteiger partial charge in [0.2, 0.25) is 11.8 Å². The Morgan fingerprint density at radius 1 is 0.950 bits per heavy atom. The quantitative estimate of drug-likeness (QED) is 0.625. The summed E-state index contributed by atoms with van der Waals surface area (Å²) in [5.41, 5.74) is 3.64. The van der Waals surface area contributed by atoms with E-state index in [1.165, 1.54) is 16.7 Å². The molecule has 0 unspecified atom stereocenters. The van der Waals surface area contributed by atoms with Crippen molar-refractivity contribution in [2.45, 2.75) is 6.92 Å². The summed E-state index contributed by atoms with van der Waals surface area (Å²) in [6.07, 6.45) is 4.21. The molecule has 1 aromatic rings. The smallest absolute Gasteiger partial charge is 0.231 e. The zero-order valence-corrected chi connectivity index (χ0v) is 11.2. The average Bonchev–Trinajstić information content (AvgIpc) is 3.10. The summed E-state index contributed by atoms with van der Waals surface area (Å²) in [5, 5.41) is 2.48. The summed E-state index contributed by atoms with van der Waals surface area (Å²) >= 11 is 0. The first-order valence-corrected chi connectivity index (χ1v) is 6.97. The van der Waals surface area contributed by atoms with Crippen LogP contribution in [0.4, 0.5) is 0 Å². The average molecular weight is 265 g/mol. The van der Waals surface area contributed by atoms with Crippen LogP contribution in [-0.4, -0.2) is 11.8 Å². The van der Waals surface area contributed by atoms with E-state index in [0.29, 0.717) is 0 Å². The molecule has 4 rings (SSSR count). The SMILES string of the molecule is CC(=C1[C@H]2C=C[C@H]1[C@H]1C(=O)NC(=O)[C@H]12)c1ccccc1. The summed E-state index contributed by atoms with van der Waals surface area (Å²) in [5.74, 6) is -0.393. The standard InChI is InChI=1S/C17H15NO2/c1-9(10-5-3-2-4-6-10)13-11-7-8-12(13)15-14(11)16(19)18-17(15)20/h2-8,11-12,14-15H,1H3,(H,18,19,20)/t11-,12-,14-,15+/m1/s1. The van der Waals surface area contributed by atoms with E-state index in [-0.39, 0.29) is 35.5 Å². The zero-order valence-electron chi connectivity index (χ0n) is 11.2. The first-order chi connectivity index (χ1) is 9.68. The molecule has 1 saturated carbocycles. The predicted molar refractivity (Wildman–Crippen MR) is 75.3 cm³/mol. The van der Waals surface area contributed by atoms with Gasteiger partial charge in [-0.3, -0.25) is 14.9 Å². The number of hydrogen-bond acceptors (Lipinski definition) is 2. The lowest BCUT2D eigenvalue weighted by Gasteiger charge is -2.14. The van der Waals surface area contributed by atoms with Crippen molar-refractivity contribution >= 4 is 17.4 Å². The number of nitrogens with one attached hydrogen (secondary N) is 1. The largest absolute Gasteiger partial charge is 0.296 e. The van der Waals surface area contributed by atoms with Gasteiger partial charge in [0.15, 0.2) is 0 Å². The molecule has 0 radical (unpaired) electrons. The molecule has 0 aromatic heterocycles. The van der Waals surface area contributed by atoms with Crippen molar-refractivity contribution in [2.24, 2.45) is 23.7 Å². The highest BCUT2D eigenvalue weighted by molar-refractivity contribution is 6.07. The van der Waals surface area contributed by atoms with Gasteiger partial charge in [0.1, 0.15) is 0 Å². The summed E-state index contributed by atoms with van der Waals surface area (Å²) in [7, 11) is 0. The number of rotatable bonds is 1. The molecule has 2 fully saturated rings. The minimum atomic E-state index is -0.189. The maximum absolute atomic E-state index is 12.0. The van der Waals surface area contributed by atoms with E-state index in [2.05, 4.69) is 36.5 Å². The van der Waals surface area contributed by atoms with E-state index < -0.39 is 0 Å². The van der Waals surface area contributed by atoms with Gasteiger partial charge >= 0.3 is 0 Å². The van der Waals surface area contributed by atoms with Crippen molar-refractivity contribution in [1.82, 2.24) is 5.32 Å². The van der Waals surface area contributed by atoms with E-state index in [1.807, 2.05) is 18.2 Å². The minimum Gasteiger partial charge on any atom is -0.296 e. The van der Waals surface area contributed by atoms with Crippen LogP contribution in [0.1, 0.15) is 12.5 Å². The third-order valence-electron chi connectivity index (χ3n) is 4.90. The van der Waals surface area contributed by atoms with E-state index in [4.69, 9.17) is 0 Å². The first kappa shape index (κ1) is 11.6.